The minimum atomic E-state index is -1.19. The number of benzene rings is 3. The largest absolute Gasteiger partial charge is 0.496 e. The van der Waals surface area contributed by atoms with Crippen LogP contribution in [-0.2, 0) is 23.5 Å². The number of unbranched alkanes of at least 4 members (excludes halogenated alkanes) is 1. The number of aryl methyl sites for hydroxylation is 1. The van der Waals surface area contributed by atoms with Crippen molar-refractivity contribution in [1.29, 1.82) is 0 Å². The highest BCUT2D eigenvalue weighted by atomic mass is 35.5. The van der Waals surface area contributed by atoms with E-state index in [9.17, 15) is 9.90 Å². The van der Waals surface area contributed by atoms with E-state index in [1.165, 1.54) is 7.11 Å². The number of hydrogen-bond acceptors (Lipinski definition) is 6. The summed E-state index contributed by atoms with van der Waals surface area (Å²) in [5.41, 5.74) is 2.65. The lowest BCUT2D eigenvalue weighted by Gasteiger charge is -2.18. The lowest BCUT2D eigenvalue weighted by atomic mass is 10.1. The second-order valence-electron chi connectivity index (χ2n) is 8.73. The number of carboxylic acids is 1. The minimum absolute atomic E-state index is 0.457. The highest BCUT2D eigenvalue weighted by Crippen LogP contribution is 2.30. The van der Waals surface area contributed by atoms with Crippen LogP contribution < -0.4 is 9.47 Å². The third-order valence-corrected chi connectivity index (χ3v) is 7.28. The summed E-state index contributed by atoms with van der Waals surface area (Å²) < 4.78 is 13.4. The molecule has 0 aliphatic rings. The molecule has 0 fully saturated rings. The quantitative estimate of drug-likeness (QED) is 0.182. The van der Waals surface area contributed by atoms with Gasteiger partial charge in [-0.2, -0.15) is 0 Å². The second kappa shape index (κ2) is 13.3. The van der Waals surface area contributed by atoms with Crippen LogP contribution in [0.2, 0.25) is 5.02 Å². The number of ether oxygens (including phenoxy) is 2. The number of nitrogens with zero attached hydrogens (tertiary/aromatic N) is 3. The van der Waals surface area contributed by atoms with Crippen LogP contribution in [0.3, 0.4) is 0 Å². The van der Waals surface area contributed by atoms with Crippen LogP contribution in [-0.4, -0.2) is 33.0 Å². The van der Waals surface area contributed by atoms with E-state index in [0.717, 1.165) is 47.1 Å². The molecule has 198 valence electrons. The Kier molecular flexibility index (Phi) is 9.67. The number of thioether (sulfide) groups is 1. The van der Waals surface area contributed by atoms with E-state index in [4.69, 9.17) is 21.1 Å². The first-order valence-electron chi connectivity index (χ1n) is 12.4. The molecule has 0 saturated carbocycles. The number of para-hydroxylation sites is 1. The lowest BCUT2D eigenvalue weighted by molar-refractivity contribution is -0.145. The van der Waals surface area contributed by atoms with E-state index in [0.29, 0.717) is 28.6 Å². The molecule has 1 aromatic heterocycles. The fourth-order valence-corrected chi connectivity index (χ4v) is 4.99. The predicted molar refractivity (Wildman–Crippen MR) is 149 cm³/mol. The van der Waals surface area contributed by atoms with Crippen molar-refractivity contribution in [3.63, 3.8) is 0 Å². The van der Waals surface area contributed by atoms with Crippen molar-refractivity contribution in [1.82, 2.24) is 14.8 Å². The van der Waals surface area contributed by atoms with Crippen LogP contribution in [0.1, 0.15) is 48.4 Å². The standard InChI is InChI=1S/C29H30ClN3O4S/c1-3-4-9-26-31-32-29(38-19-21-10-14-22(30)15-11-21)33(26)18-20-12-16-23(17-13-20)37-27(28(34)35)24-7-5-6-8-25(24)36-2/h5-8,10-17,27H,3-4,9,18-19H2,1-2H3,(H,34,35). The van der Waals surface area contributed by atoms with E-state index >= 15 is 0 Å². The third-order valence-electron chi connectivity index (χ3n) is 5.99. The Bertz CT molecular complexity index is 1340. The zero-order valence-corrected chi connectivity index (χ0v) is 22.9. The van der Waals surface area contributed by atoms with E-state index < -0.39 is 12.1 Å². The molecule has 1 atom stereocenters. The topological polar surface area (TPSA) is 86.5 Å². The van der Waals surface area contributed by atoms with E-state index in [2.05, 4.69) is 21.7 Å². The first-order valence-corrected chi connectivity index (χ1v) is 13.8. The first-order chi connectivity index (χ1) is 18.5. The first kappa shape index (κ1) is 27.5. The average Bonchev–Trinajstić information content (AvgIpc) is 3.31. The summed E-state index contributed by atoms with van der Waals surface area (Å²) >= 11 is 7.66. The summed E-state index contributed by atoms with van der Waals surface area (Å²) in [5.74, 6) is 1.54. The maximum absolute atomic E-state index is 12.0. The highest BCUT2D eigenvalue weighted by Gasteiger charge is 2.25. The number of carbonyl (C=O) groups is 1. The van der Waals surface area contributed by atoms with Gasteiger partial charge in [-0.1, -0.05) is 79.2 Å². The van der Waals surface area contributed by atoms with Gasteiger partial charge in [0.05, 0.1) is 13.7 Å². The van der Waals surface area contributed by atoms with Crippen molar-refractivity contribution in [3.05, 3.63) is 100 Å². The number of rotatable bonds is 13. The van der Waals surface area contributed by atoms with Crippen molar-refractivity contribution < 1.29 is 19.4 Å². The van der Waals surface area contributed by atoms with E-state index in [1.807, 2.05) is 36.4 Å². The molecule has 0 aliphatic carbocycles. The number of hydrogen-bond donors (Lipinski definition) is 1. The fourth-order valence-electron chi connectivity index (χ4n) is 3.95. The molecule has 0 radical (unpaired) electrons. The number of carboxylic acid groups (broad SMARTS) is 1. The normalized spacial score (nSPS) is 11.8. The van der Waals surface area contributed by atoms with Crippen molar-refractivity contribution >= 4 is 29.3 Å². The summed E-state index contributed by atoms with van der Waals surface area (Å²) in [6, 6.07) is 22.2. The van der Waals surface area contributed by atoms with E-state index in [1.54, 1.807) is 48.2 Å². The average molecular weight is 552 g/mol. The van der Waals surface area contributed by atoms with Gasteiger partial charge in [-0.3, -0.25) is 0 Å². The van der Waals surface area contributed by atoms with Crippen molar-refractivity contribution in [2.45, 2.75) is 49.7 Å². The van der Waals surface area contributed by atoms with Gasteiger partial charge in [-0.25, -0.2) is 4.79 Å². The summed E-state index contributed by atoms with van der Waals surface area (Å²) in [6.45, 7) is 2.76. The van der Waals surface area contributed by atoms with Gasteiger partial charge in [-0.15, -0.1) is 10.2 Å². The molecule has 0 bridgehead atoms. The van der Waals surface area contributed by atoms with Gasteiger partial charge in [0.2, 0.25) is 6.10 Å². The number of aliphatic carboxylic acids is 1. The highest BCUT2D eigenvalue weighted by molar-refractivity contribution is 7.98. The van der Waals surface area contributed by atoms with Crippen LogP contribution in [0.5, 0.6) is 11.5 Å². The molecule has 0 aliphatic heterocycles. The van der Waals surface area contributed by atoms with Gasteiger partial charge in [-0.05, 0) is 47.9 Å². The molecule has 4 aromatic rings. The molecule has 7 nitrogen and oxygen atoms in total. The number of methoxy groups -OCH3 is 1. The summed E-state index contributed by atoms with van der Waals surface area (Å²) in [6.07, 6.45) is 1.77. The molecule has 0 saturated heterocycles. The van der Waals surface area contributed by atoms with Gasteiger partial charge < -0.3 is 19.1 Å². The molecule has 0 spiro atoms. The summed E-state index contributed by atoms with van der Waals surface area (Å²) in [7, 11) is 1.51. The summed E-state index contributed by atoms with van der Waals surface area (Å²) in [5, 5.41) is 20.3. The van der Waals surface area contributed by atoms with Crippen molar-refractivity contribution in [2.24, 2.45) is 0 Å². The molecule has 3 aromatic carbocycles. The minimum Gasteiger partial charge on any atom is -0.496 e. The Morgan fingerprint density at radius 1 is 1.03 bits per heavy atom. The zero-order chi connectivity index (χ0) is 26.9. The zero-order valence-electron chi connectivity index (χ0n) is 21.3. The van der Waals surface area contributed by atoms with Crippen molar-refractivity contribution in [3.8, 4) is 11.5 Å². The molecule has 1 N–H and O–H groups in total. The Labute approximate surface area is 231 Å². The van der Waals surface area contributed by atoms with E-state index in [-0.39, 0.29) is 0 Å². The van der Waals surface area contributed by atoms with Crippen LogP contribution >= 0.6 is 23.4 Å². The van der Waals surface area contributed by atoms with Crippen LogP contribution in [0, 0.1) is 0 Å². The lowest BCUT2D eigenvalue weighted by Crippen LogP contribution is -2.19. The number of halogens is 1. The van der Waals surface area contributed by atoms with Crippen molar-refractivity contribution in [2.75, 3.05) is 7.11 Å². The fraction of sp³-hybridized carbons (Fsp3) is 0.276. The molecule has 38 heavy (non-hydrogen) atoms. The van der Waals surface area contributed by atoms with Gasteiger partial charge in [0, 0.05) is 22.8 Å². The molecule has 9 heteroatoms. The molecule has 4 rings (SSSR count). The third kappa shape index (κ3) is 7.08. The van der Waals surface area contributed by atoms with Gasteiger partial charge in [0.1, 0.15) is 17.3 Å². The molecule has 1 heterocycles. The Morgan fingerprint density at radius 3 is 2.42 bits per heavy atom. The van der Waals surface area contributed by atoms with Crippen LogP contribution in [0.4, 0.5) is 0 Å². The molecule has 0 amide bonds. The number of aromatic nitrogens is 3. The Morgan fingerprint density at radius 2 is 1.74 bits per heavy atom. The maximum atomic E-state index is 12.0. The SMILES string of the molecule is CCCCc1nnc(SCc2ccc(Cl)cc2)n1Cc1ccc(OC(C(=O)O)c2ccccc2OC)cc1. The van der Waals surface area contributed by atoms with Crippen LogP contribution in [0.15, 0.2) is 78.0 Å². The van der Waals surface area contributed by atoms with Gasteiger partial charge in [0.15, 0.2) is 5.16 Å². The molecule has 1 unspecified atom stereocenters. The van der Waals surface area contributed by atoms with Crippen LogP contribution in [0.25, 0.3) is 0 Å². The summed E-state index contributed by atoms with van der Waals surface area (Å²) in [4.78, 5) is 12.0. The maximum Gasteiger partial charge on any atom is 0.349 e. The smallest absolute Gasteiger partial charge is 0.349 e. The Hall–Kier alpha value is -3.49. The molecular weight excluding hydrogens is 522 g/mol. The monoisotopic (exact) mass is 551 g/mol. The second-order valence-corrected chi connectivity index (χ2v) is 10.1. The molecular formula is C29H30ClN3O4S. The predicted octanol–water partition coefficient (Wildman–Crippen LogP) is 6.83. The van der Waals surface area contributed by atoms with Gasteiger partial charge >= 0.3 is 5.97 Å². The Balaban J connectivity index is 1.50. The van der Waals surface area contributed by atoms with Gasteiger partial charge in [0.25, 0.3) is 0 Å².